The van der Waals surface area contributed by atoms with Crippen LogP contribution in [-0.2, 0) is 9.53 Å². The van der Waals surface area contributed by atoms with Crippen molar-refractivity contribution in [2.24, 2.45) is 0 Å². The predicted molar refractivity (Wildman–Crippen MR) is 125 cm³/mol. The zero-order chi connectivity index (χ0) is 21.5. The Bertz CT molecular complexity index is 917. The number of nitrogens with zero attached hydrogens (tertiary/aromatic N) is 1. The van der Waals surface area contributed by atoms with Crippen LogP contribution in [0.5, 0.6) is 0 Å². The summed E-state index contributed by atoms with van der Waals surface area (Å²) in [6.07, 6.45) is 3.74. The van der Waals surface area contributed by atoms with Crippen LogP contribution in [0, 0.1) is 0 Å². The van der Waals surface area contributed by atoms with E-state index in [4.69, 9.17) is 4.74 Å². The van der Waals surface area contributed by atoms with Gasteiger partial charge in [0.1, 0.15) is 18.6 Å². The highest BCUT2D eigenvalue weighted by atomic mass is 79.9. The molecule has 1 atom stereocenters. The van der Waals surface area contributed by atoms with Gasteiger partial charge in [0.2, 0.25) is 0 Å². The average molecular weight is 494 g/mol. The van der Waals surface area contributed by atoms with Crippen LogP contribution in [0.1, 0.15) is 47.9 Å². The minimum Gasteiger partial charge on any atom is -1.00 e. The number of esters is 1. The van der Waals surface area contributed by atoms with E-state index >= 15 is 0 Å². The number of quaternary nitrogens is 1. The van der Waals surface area contributed by atoms with Crippen LogP contribution in [0.25, 0.3) is 0 Å². The van der Waals surface area contributed by atoms with E-state index in [0.29, 0.717) is 6.61 Å². The molecule has 0 bridgehead atoms. The summed E-state index contributed by atoms with van der Waals surface area (Å²) < 4.78 is 7.02. The van der Waals surface area contributed by atoms with Crippen molar-refractivity contribution in [2.45, 2.75) is 31.2 Å². The number of benzene rings is 3. The molecule has 0 amide bonds. The van der Waals surface area contributed by atoms with Crippen molar-refractivity contribution in [1.29, 1.82) is 0 Å². The molecule has 4 rings (SSSR count). The first-order valence-corrected chi connectivity index (χ1v) is 11.3. The van der Waals surface area contributed by atoms with Gasteiger partial charge in [-0.05, 0) is 30.4 Å². The Morgan fingerprint density at radius 3 is 1.66 bits per heavy atom. The van der Waals surface area contributed by atoms with Crippen LogP contribution < -0.4 is 17.0 Å². The molecule has 0 aliphatic carbocycles. The Morgan fingerprint density at radius 2 is 1.19 bits per heavy atom. The molecule has 0 radical (unpaired) electrons. The van der Waals surface area contributed by atoms with Crippen molar-refractivity contribution in [1.82, 2.24) is 0 Å². The largest absolute Gasteiger partial charge is 1.00 e. The molecule has 168 valence electrons. The number of carbonyl (C=O) groups is 1. The zero-order valence-electron chi connectivity index (χ0n) is 18.7. The fourth-order valence-electron chi connectivity index (χ4n) is 4.86. The minimum atomic E-state index is -0.412. The van der Waals surface area contributed by atoms with E-state index < -0.39 is 5.92 Å². The minimum absolute atomic E-state index is 0. The maximum atomic E-state index is 13.4. The molecule has 3 aromatic rings. The fraction of sp³-hybridized carbons (Fsp3) is 0.321. The topological polar surface area (TPSA) is 26.3 Å². The smallest absolute Gasteiger partial charge is 0.318 e. The Hall–Kier alpha value is -2.43. The number of likely N-dealkylation sites (tertiary alicyclic amines) is 1. The molecule has 1 unspecified atom stereocenters. The Labute approximate surface area is 202 Å². The van der Waals surface area contributed by atoms with Crippen LogP contribution in [0.3, 0.4) is 0 Å². The van der Waals surface area contributed by atoms with Crippen LogP contribution >= 0.6 is 0 Å². The molecule has 0 saturated carbocycles. The summed E-state index contributed by atoms with van der Waals surface area (Å²) in [5.41, 5.74) is 3.18. The van der Waals surface area contributed by atoms with Crippen LogP contribution in [0.2, 0.25) is 0 Å². The molecule has 1 aliphatic heterocycles. The monoisotopic (exact) mass is 493 g/mol. The van der Waals surface area contributed by atoms with Crippen LogP contribution in [-0.4, -0.2) is 37.2 Å². The van der Waals surface area contributed by atoms with E-state index in [-0.39, 0.29) is 29.0 Å². The summed E-state index contributed by atoms with van der Waals surface area (Å²) in [4.78, 5) is 13.4. The number of likely N-dealkylation sites (N-methyl/N-ethyl adjacent to an activating group) is 1. The van der Waals surface area contributed by atoms with E-state index in [2.05, 4.69) is 31.3 Å². The first-order valence-electron chi connectivity index (χ1n) is 11.3. The number of hydrogen-bond acceptors (Lipinski definition) is 2. The van der Waals surface area contributed by atoms with Gasteiger partial charge in [-0.3, -0.25) is 4.79 Å². The number of rotatable bonds is 7. The molecule has 1 fully saturated rings. The third-order valence-electron chi connectivity index (χ3n) is 6.66. The lowest BCUT2D eigenvalue weighted by molar-refractivity contribution is -0.943. The maximum Gasteiger partial charge on any atom is 0.318 e. The van der Waals surface area contributed by atoms with Crippen molar-refractivity contribution in [3.05, 3.63) is 108 Å². The number of piperidine rings is 1. The van der Waals surface area contributed by atoms with Gasteiger partial charge in [-0.2, -0.15) is 0 Å². The highest BCUT2D eigenvalue weighted by Crippen LogP contribution is 2.33. The second-order valence-corrected chi connectivity index (χ2v) is 8.80. The molecular formula is C28H32BrNO2. The van der Waals surface area contributed by atoms with Gasteiger partial charge < -0.3 is 26.2 Å². The first kappa shape index (κ1) is 24.2. The quantitative estimate of drug-likeness (QED) is 0.373. The molecule has 1 aliphatic rings. The van der Waals surface area contributed by atoms with Gasteiger partial charge in [0, 0.05) is 5.56 Å². The molecule has 1 heterocycles. The van der Waals surface area contributed by atoms with E-state index in [1.807, 2.05) is 66.7 Å². The van der Waals surface area contributed by atoms with Crippen molar-refractivity contribution in [3.63, 3.8) is 0 Å². The molecule has 4 heteroatoms. The summed E-state index contributed by atoms with van der Waals surface area (Å²) >= 11 is 0. The van der Waals surface area contributed by atoms with E-state index in [0.717, 1.165) is 28.7 Å². The number of halogens is 1. The SMILES string of the molecule is C[N+]1(C(COC(=O)C(c2ccccc2)c2ccccc2)c2ccccc2)CCCCC1.[Br-]. The van der Waals surface area contributed by atoms with Gasteiger partial charge in [-0.15, -0.1) is 0 Å². The number of carbonyl (C=O) groups excluding carboxylic acids is 1. The Morgan fingerprint density at radius 1 is 0.750 bits per heavy atom. The molecule has 3 nitrogen and oxygen atoms in total. The first-order chi connectivity index (χ1) is 15.2. The van der Waals surface area contributed by atoms with Gasteiger partial charge in [0.15, 0.2) is 0 Å². The standard InChI is InChI=1S/C28H32NO2.BrH/c1-29(20-12-5-13-21-29)26(23-14-6-2-7-15-23)22-31-28(30)27(24-16-8-3-9-17-24)25-18-10-4-11-19-25;/h2-4,6-11,14-19,26-27H,5,12-13,20-22H2,1H3;1H/q+1;/p-1. The van der Waals surface area contributed by atoms with Crippen molar-refractivity contribution in [2.75, 3.05) is 26.7 Å². The molecular weight excluding hydrogens is 462 g/mol. The molecule has 0 N–H and O–H groups in total. The highest BCUT2D eigenvalue weighted by Gasteiger charge is 2.37. The Kier molecular flexibility index (Phi) is 8.66. The van der Waals surface area contributed by atoms with Gasteiger partial charge >= 0.3 is 5.97 Å². The second-order valence-electron chi connectivity index (χ2n) is 8.80. The van der Waals surface area contributed by atoms with Gasteiger partial charge in [0.25, 0.3) is 0 Å². The van der Waals surface area contributed by atoms with Gasteiger partial charge in [-0.1, -0.05) is 91.0 Å². The second kappa shape index (κ2) is 11.4. The predicted octanol–water partition coefficient (Wildman–Crippen LogP) is 2.74. The van der Waals surface area contributed by atoms with Crippen molar-refractivity contribution >= 4 is 5.97 Å². The lowest BCUT2D eigenvalue weighted by Crippen LogP contribution is -3.00. The lowest BCUT2D eigenvalue weighted by Gasteiger charge is -2.44. The summed E-state index contributed by atoms with van der Waals surface area (Å²) in [7, 11) is 2.32. The molecule has 3 aromatic carbocycles. The molecule has 1 saturated heterocycles. The van der Waals surface area contributed by atoms with Gasteiger partial charge in [0.05, 0.1) is 20.1 Å². The van der Waals surface area contributed by atoms with E-state index in [1.165, 1.54) is 24.8 Å². The lowest BCUT2D eigenvalue weighted by atomic mass is 9.91. The van der Waals surface area contributed by atoms with Crippen molar-refractivity contribution < 1.29 is 31.0 Å². The average Bonchev–Trinajstić information content (AvgIpc) is 2.82. The van der Waals surface area contributed by atoms with Gasteiger partial charge in [-0.25, -0.2) is 0 Å². The summed E-state index contributed by atoms with van der Waals surface area (Å²) in [6, 6.07) is 30.6. The fourth-order valence-corrected chi connectivity index (χ4v) is 4.86. The molecule has 32 heavy (non-hydrogen) atoms. The highest BCUT2D eigenvalue weighted by molar-refractivity contribution is 5.82. The van der Waals surface area contributed by atoms with E-state index in [9.17, 15) is 4.79 Å². The maximum absolute atomic E-state index is 13.4. The normalized spacial score (nSPS) is 16.1. The zero-order valence-corrected chi connectivity index (χ0v) is 20.3. The van der Waals surface area contributed by atoms with Crippen LogP contribution in [0.15, 0.2) is 91.0 Å². The molecule has 0 spiro atoms. The summed E-state index contributed by atoms with van der Waals surface area (Å²) in [5, 5.41) is 0. The number of ether oxygens (including phenoxy) is 1. The van der Waals surface area contributed by atoms with Crippen LogP contribution in [0.4, 0.5) is 0 Å². The van der Waals surface area contributed by atoms with Crippen molar-refractivity contribution in [3.8, 4) is 0 Å². The summed E-state index contributed by atoms with van der Waals surface area (Å²) in [6.45, 7) is 2.64. The number of hydrogen-bond donors (Lipinski definition) is 0. The van der Waals surface area contributed by atoms with E-state index in [1.54, 1.807) is 0 Å². The summed E-state index contributed by atoms with van der Waals surface area (Å²) in [5.74, 6) is -0.590. The third kappa shape index (κ3) is 5.67. The third-order valence-corrected chi connectivity index (χ3v) is 6.66. The Balaban J connectivity index is 0.00000289. The molecule has 0 aromatic heterocycles.